The van der Waals surface area contributed by atoms with Gasteiger partial charge in [-0.15, -0.1) is 0 Å². The van der Waals surface area contributed by atoms with E-state index in [2.05, 4.69) is 15.1 Å². The summed E-state index contributed by atoms with van der Waals surface area (Å²) in [6.45, 7) is 1.97. The molecule has 6 nitrogen and oxygen atoms in total. The molecule has 0 fully saturated rings. The molecule has 2 heterocycles. The maximum absolute atomic E-state index is 9.34. The van der Waals surface area contributed by atoms with Crippen molar-refractivity contribution >= 4 is 11.0 Å². The smallest absolute Gasteiger partial charge is 0.258 e. The van der Waals surface area contributed by atoms with Crippen molar-refractivity contribution in [2.45, 2.75) is 6.92 Å². The zero-order valence-electron chi connectivity index (χ0n) is 12.7. The number of aryl methyl sites for hydroxylation is 2. The predicted molar refractivity (Wildman–Crippen MR) is 85.8 cm³/mol. The molecule has 2 aromatic heterocycles. The molecule has 114 valence electrons. The lowest BCUT2D eigenvalue weighted by Gasteiger charge is -1.97. The Kier molecular flexibility index (Phi) is 2.90. The lowest BCUT2D eigenvalue weighted by Crippen LogP contribution is -1.89. The fraction of sp³-hybridized carbons (Fsp3) is 0.118. The number of aromatic hydroxyl groups is 1. The SMILES string of the molecule is Cc1nc2cc(-c3nc(-c4ccc(O)cc4)no3)ccc2n1C. The summed E-state index contributed by atoms with van der Waals surface area (Å²) in [6.07, 6.45) is 0. The van der Waals surface area contributed by atoms with Crippen LogP contribution in [0.2, 0.25) is 0 Å². The molecule has 4 rings (SSSR count). The van der Waals surface area contributed by atoms with E-state index >= 15 is 0 Å². The second-order valence-corrected chi connectivity index (χ2v) is 5.39. The van der Waals surface area contributed by atoms with Crippen LogP contribution in [0.15, 0.2) is 47.0 Å². The number of phenolic OH excluding ortho intramolecular Hbond substituents is 1. The molecule has 0 aliphatic heterocycles. The molecule has 0 spiro atoms. The summed E-state index contributed by atoms with van der Waals surface area (Å²) in [7, 11) is 1.99. The molecular weight excluding hydrogens is 292 g/mol. The van der Waals surface area contributed by atoms with Crippen molar-refractivity contribution in [1.29, 1.82) is 0 Å². The van der Waals surface area contributed by atoms with Crippen molar-refractivity contribution < 1.29 is 9.63 Å². The highest BCUT2D eigenvalue weighted by Crippen LogP contribution is 2.26. The van der Waals surface area contributed by atoms with Crippen molar-refractivity contribution in [1.82, 2.24) is 19.7 Å². The fourth-order valence-electron chi connectivity index (χ4n) is 2.52. The number of benzene rings is 2. The van der Waals surface area contributed by atoms with Crippen LogP contribution in [-0.4, -0.2) is 24.8 Å². The van der Waals surface area contributed by atoms with Gasteiger partial charge in [-0.25, -0.2) is 4.98 Å². The zero-order valence-corrected chi connectivity index (χ0v) is 12.7. The van der Waals surface area contributed by atoms with Gasteiger partial charge in [0.25, 0.3) is 5.89 Å². The van der Waals surface area contributed by atoms with Crippen LogP contribution in [0.3, 0.4) is 0 Å². The van der Waals surface area contributed by atoms with Crippen LogP contribution in [0.25, 0.3) is 33.9 Å². The molecule has 0 amide bonds. The van der Waals surface area contributed by atoms with Gasteiger partial charge in [0.05, 0.1) is 11.0 Å². The van der Waals surface area contributed by atoms with Gasteiger partial charge in [0.1, 0.15) is 11.6 Å². The van der Waals surface area contributed by atoms with Crippen LogP contribution in [0.5, 0.6) is 5.75 Å². The Morgan fingerprint density at radius 2 is 1.74 bits per heavy atom. The van der Waals surface area contributed by atoms with E-state index in [4.69, 9.17) is 4.52 Å². The van der Waals surface area contributed by atoms with Gasteiger partial charge in [0.2, 0.25) is 5.82 Å². The molecule has 6 heteroatoms. The standard InChI is InChI=1S/C17H14N4O2/c1-10-18-14-9-12(5-8-15(14)21(10)2)17-19-16(20-23-17)11-3-6-13(22)7-4-11/h3-9,22H,1-2H3. The summed E-state index contributed by atoms with van der Waals surface area (Å²) in [5.41, 5.74) is 3.57. The average Bonchev–Trinajstić information content (AvgIpc) is 3.14. The topological polar surface area (TPSA) is 77.0 Å². The van der Waals surface area contributed by atoms with E-state index in [-0.39, 0.29) is 5.75 Å². The Labute approximate surface area is 132 Å². The molecule has 0 radical (unpaired) electrons. The zero-order chi connectivity index (χ0) is 16.0. The first-order chi connectivity index (χ1) is 11.1. The Bertz CT molecular complexity index is 999. The third kappa shape index (κ3) is 2.24. The highest BCUT2D eigenvalue weighted by Gasteiger charge is 2.13. The van der Waals surface area contributed by atoms with Crippen LogP contribution in [-0.2, 0) is 7.05 Å². The van der Waals surface area contributed by atoms with Crippen LogP contribution < -0.4 is 0 Å². The van der Waals surface area contributed by atoms with Gasteiger partial charge in [-0.1, -0.05) is 5.16 Å². The first-order valence-corrected chi connectivity index (χ1v) is 7.18. The first kappa shape index (κ1) is 13.5. The summed E-state index contributed by atoms with van der Waals surface area (Å²) in [5, 5.41) is 13.3. The van der Waals surface area contributed by atoms with Gasteiger partial charge in [0, 0.05) is 18.2 Å². The second kappa shape index (κ2) is 4.95. The van der Waals surface area contributed by atoms with Crippen molar-refractivity contribution in [2.24, 2.45) is 7.05 Å². The minimum absolute atomic E-state index is 0.202. The Morgan fingerprint density at radius 3 is 2.52 bits per heavy atom. The summed E-state index contributed by atoms with van der Waals surface area (Å²) in [5.74, 6) is 2.08. The maximum Gasteiger partial charge on any atom is 0.258 e. The third-order valence-corrected chi connectivity index (χ3v) is 3.90. The number of hydrogen-bond acceptors (Lipinski definition) is 5. The van der Waals surface area contributed by atoms with Crippen LogP contribution in [0, 0.1) is 6.92 Å². The molecule has 0 unspecified atom stereocenters. The van der Waals surface area contributed by atoms with Crippen LogP contribution >= 0.6 is 0 Å². The van der Waals surface area contributed by atoms with E-state index in [0.29, 0.717) is 11.7 Å². The van der Waals surface area contributed by atoms with Gasteiger partial charge in [-0.2, -0.15) is 4.98 Å². The molecular formula is C17H14N4O2. The molecule has 0 bridgehead atoms. The molecule has 2 aromatic carbocycles. The lowest BCUT2D eigenvalue weighted by atomic mass is 10.2. The molecule has 0 saturated carbocycles. The normalized spacial score (nSPS) is 11.2. The van der Waals surface area contributed by atoms with Crippen LogP contribution in [0.4, 0.5) is 0 Å². The Balaban J connectivity index is 1.75. The minimum Gasteiger partial charge on any atom is -0.508 e. The summed E-state index contributed by atoms with van der Waals surface area (Å²) in [6, 6.07) is 12.6. The number of imidazole rings is 1. The van der Waals surface area contributed by atoms with Crippen LogP contribution in [0.1, 0.15) is 5.82 Å². The van der Waals surface area contributed by atoms with Crippen molar-refractivity contribution in [3.8, 4) is 28.6 Å². The maximum atomic E-state index is 9.34. The number of nitrogens with zero attached hydrogens (tertiary/aromatic N) is 4. The van der Waals surface area contributed by atoms with Crippen molar-refractivity contribution in [3.63, 3.8) is 0 Å². The minimum atomic E-state index is 0.202. The fourth-order valence-corrected chi connectivity index (χ4v) is 2.52. The molecule has 23 heavy (non-hydrogen) atoms. The van der Waals surface area contributed by atoms with Gasteiger partial charge < -0.3 is 14.2 Å². The highest BCUT2D eigenvalue weighted by molar-refractivity contribution is 5.81. The lowest BCUT2D eigenvalue weighted by molar-refractivity contribution is 0.432. The third-order valence-electron chi connectivity index (χ3n) is 3.90. The number of aromatic nitrogens is 4. The average molecular weight is 306 g/mol. The summed E-state index contributed by atoms with van der Waals surface area (Å²) >= 11 is 0. The molecule has 0 saturated heterocycles. The van der Waals surface area contributed by atoms with Gasteiger partial charge >= 0.3 is 0 Å². The van der Waals surface area contributed by atoms with E-state index in [1.165, 1.54) is 0 Å². The van der Waals surface area contributed by atoms with E-state index < -0.39 is 0 Å². The predicted octanol–water partition coefficient (Wildman–Crippen LogP) is 3.30. The molecule has 0 aliphatic carbocycles. The van der Waals surface area contributed by atoms with Crippen molar-refractivity contribution in [3.05, 3.63) is 48.3 Å². The van der Waals surface area contributed by atoms with E-state index in [1.54, 1.807) is 24.3 Å². The summed E-state index contributed by atoms with van der Waals surface area (Å²) in [4.78, 5) is 8.94. The van der Waals surface area contributed by atoms with E-state index in [9.17, 15) is 5.11 Å². The number of phenols is 1. The number of rotatable bonds is 2. The van der Waals surface area contributed by atoms with E-state index in [1.807, 2.05) is 36.7 Å². The van der Waals surface area contributed by atoms with Gasteiger partial charge in [-0.3, -0.25) is 0 Å². The van der Waals surface area contributed by atoms with Gasteiger partial charge in [0.15, 0.2) is 0 Å². The summed E-state index contributed by atoms with van der Waals surface area (Å²) < 4.78 is 7.40. The molecule has 4 aromatic rings. The quantitative estimate of drug-likeness (QED) is 0.615. The largest absolute Gasteiger partial charge is 0.508 e. The Morgan fingerprint density at radius 1 is 1.00 bits per heavy atom. The van der Waals surface area contributed by atoms with E-state index in [0.717, 1.165) is 28.0 Å². The van der Waals surface area contributed by atoms with Gasteiger partial charge in [-0.05, 0) is 49.4 Å². The monoisotopic (exact) mass is 306 g/mol. The van der Waals surface area contributed by atoms with Crippen molar-refractivity contribution in [2.75, 3.05) is 0 Å². The first-order valence-electron chi connectivity index (χ1n) is 7.18. The molecule has 0 aliphatic rings. The second-order valence-electron chi connectivity index (χ2n) is 5.39. The highest BCUT2D eigenvalue weighted by atomic mass is 16.5. The molecule has 1 N–H and O–H groups in total. The Hall–Kier alpha value is -3.15. The number of fused-ring (bicyclic) bond motifs is 1. The number of hydrogen-bond donors (Lipinski definition) is 1. The molecule has 0 atom stereocenters.